The zero-order valence-corrected chi connectivity index (χ0v) is 11.1. The largest absolute Gasteiger partial charge is 0.355 e. The van der Waals surface area contributed by atoms with Crippen molar-refractivity contribution < 1.29 is 4.79 Å². The minimum absolute atomic E-state index is 0.0763. The van der Waals surface area contributed by atoms with Crippen molar-refractivity contribution in [1.82, 2.24) is 0 Å². The Hall–Kier alpha value is -1.80. The number of benzene rings is 2. The van der Waals surface area contributed by atoms with Gasteiger partial charge < -0.3 is 5.32 Å². The van der Waals surface area contributed by atoms with Gasteiger partial charge in [0, 0.05) is 22.0 Å². The highest BCUT2D eigenvalue weighted by Gasteiger charge is 2.04. The van der Waals surface area contributed by atoms with Crippen molar-refractivity contribution >= 4 is 28.8 Å². The predicted octanol–water partition coefficient (Wildman–Crippen LogP) is 4.59. The topological polar surface area (TPSA) is 29.1 Å². The van der Waals surface area contributed by atoms with Crippen molar-refractivity contribution in [2.24, 2.45) is 0 Å². The molecule has 0 atom stereocenters. The highest BCUT2D eigenvalue weighted by Crippen LogP contribution is 2.23. The molecule has 0 fully saturated rings. The SMILES string of the molecule is CC(=O)c1ccc(Nc2cccc(Cl)c2)c(C)c1. The molecule has 2 aromatic carbocycles. The fourth-order valence-electron chi connectivity index (χ4n) is 1.74. The maximum absolute atomic E-state index is 11.3. The lowest BCUT2D eigenvalue weighted by molar-refractivity contribution is 0.101. The van der Waals surface area contributed by atoms with Gasteiger partial charge in [-0.3, -0.25) is 4.79 Å². The number of rotatable bonds is 3. The molecule has 0 radical (unpaired) electrons. The quantitative estimate of drug-likeness (QED) is 0.817. The first-order chi connectivity index (χ1) is 8.56. The Kier molecular flexibility index (Phi) is 3.68. The molecule has 0 aromatic heterocycles. The Morgan fingerprint density at radius 1 is 1.17 bits per heavy atom. The van der Waals surface area contributed by atoms with Crippen LogP contribution in [0.15, 0.2) is 42.5 Å². The minimum Gasteiger partial charge on any atom is -0.355 e. The van der Waals surface area contributed by atoms with E-state index in [-0.39, 0.29) is 5.78 Å². The van der Waals surface area contributed by atoms with Crippen molar-refractivity contribution in [3.63, 3.8) is 0 Å². The van der Waals surface area contributed by atoms with Crippen molar-refractivity contribution in [3.8, 4) is 0 Å². The number of hydrogen-bond donors (Lipinski definition) is 1. The molecule has 0 aliphatic rings. The third kappa shape index (κ3) is 2.90. The number of hydrogen-bond acceptors (Lipinski definition) is 2. The van der Waals surface area contributed by atoms with Gasteiger partial charge >= 0.3 is 0 Å². The second-order valence-electron chi connectivity index (χ2n) is 4.22. The molecule has 2 aromatic rings. The fraction of sp³-hybridized carbons (Fsp3) is 0.133. The van der Waals surface area contributed by atoms with Crippen LogP contribution in [0.5, 0.6) is 0 Å². The van der Waals surface area contributed by atoms with Crippen LogP contribution in [-0.4, -0.2) is 5.78 Å². The maximum atomic E-state index is 11.3. The van der Waals surface area contributed by atoms with Gasteiger partial charge in [0.25, 0.3) is 0 Å². The van der Waals surface area contributed by atoms with E-state index in [4.69, 9.17) is 11.6 Å². The Balaban J connectivity index is 2.27. The van der Waals surface area contributed by atoms with Gasteiger partial charge in [0.15, 0.2) is 5.78 Å². The lowest BCUT2D eigenvalue weighted by Crippen LogP contribution is -1.97. The third-order valence-corrected chi connectivity index (χ3v) is 2.97. The monoisotopic (exact) mass is 259 g/mol. The number of carbonyl (C=O) groups is 1. The summed E-state index contributed by atoms with van der Waals surface area (Å²) in [4.78, 5) is 11.3. The second kappa shape index (κ2) is 5.23. The summed E-state index contributed by atoms with van der Waals surface area (Å²) in [7, 11) is 0. The van der Waals surface area contributed by atoms with E-state index in [9.17, 15) is 4.79 Å². The maximum Gasteiger partial charge on any atom is 0.159 e. The van der Waals surface area contributed by atoms with Gasteiger partial charge in [-0.2, -0.15) is 0 Å². The third-order valence-electron chi connectivity index (χ3n) is 2.74. The molecule has 0 aliphatic carbocycles. The predicted molar refractivity (Wildman–Crippen MR) is 75.9 cm³/mol. The molecule has 3 heteroatoms. The average molecular weight is 260 g/mol. The Morgan fingerprint density at radius 2 is 1.94 bits per heavy atom. The van der Waals surface area contributed by atoms with Gasteiger partial charge in [0.2, 0.25) is 0 Å². The first-order valence-corrected chi connectivity index (χ1v) is 6.08. The molecule has 0 bridgehead atoms. The van der Waals surface area contributed by atoms with Gasteiger partial charge in [0.1, 0.15) is 0 Å². The van der Waals surface area contributed by atoms with Crippen LogP contribution in [0.1, 0.15) is 22.8 Å². The van der Waals surface area contributed by atoms with E-state index < -0.39 is 0 Å². The smallest absolute Gasteiger partial charge is 0.159 e. The van der Waals surface area contributed by atoms with Crippen LogP contribution >= 0.6 is 11.6 Å². The van der Waals surface area contributed by atoms with Gasteiger partial charge in [-0.05, 0) is 55.8 Å². The summed E-state index contributed by atoms with van der Waals surface area (Å²) in [6, 6.07) is 13.1. The van der Waals surface area contributed by atoms with Crippen molar-refractivity contribution in [1.29, 1.82) is 0 Å². The van der Waals surface area contributed by atoms with Crippen LogP contribution in [0.3, 0.4) is 0 Å². The lowest BCUT2D eigenvalue weighted by atomic mass is 10.1. The van der Waals surface area contributed by atoms with Crippen LogP contribution in [0, 0.1) is 6.92 Å². The highest BCUT2D eigenvalue weighted by molar-refractivity contribution is 6.30. The van der Waals surface area contributed by atoms with E-state index in [0.29, 0.717) is 5.02 Å². The summed E-state index contributed by atoms with van der Waals surface area (Å²) >= 11 is 5.93. The summed E-state index contributed by atoms with van der Waals surface area (Å²) in [5.74, 6) is 0.0763. The van der Waals surface area contributed by atoms with Crippen molar-refractivity contribution in [2.75, 3.05) is 5.32 Å². The van der Waals surface area contributed by atoms with Gasteiger partial charge in [-0.1, -0.05) is 17.7 Å². The molecule has 0 unspecified atom stereocenters. The molecule has 0 saturated heterocycles. The molecule has 1 N–H and O–H groups in total. The number of halogens is 1. The van der Waals surface area contributed by atoms with E-state index in [0.717, 1.165) is 22.5 Å². The normalized spacial score (nSPS) is 10.2. The Labute approximate surface area is 112 Å². The molecule has 0 spiro atoms. The van der Waals surface area contributed by atoms with Crippen LogP contribution in [0.2, 0.25) is 5.02 Å². The molecule has 0 aliphatic heterocycles. The van der Waals surface area contributed by atoms with E-state index >= 15 is 0 Å². The van der Waals surface area contributed by atoms with Gasteiger partial charge in [-0.15, -0.1) is 0 Å². The molecular weight excluding hydrogens is 246 g/mol. The number of ketones is 1. The zero-order chi connectivity index (χ0) is 13.1. The molecular formula is C15H14ClNO. The number of Topliss-reactive ketones (excluding diaryl/α,β-unsaturated/α-hetero) is 1. The number of aryl methyl sites for hydroxylation is 1. The van der Waals surface area contributed by atoms with Crippen molar-refractivity contribution in [2.45, 2.75) is 13.8 Å². The molecule has 92 valence electrons. The summed E-state index contributed by atoms with van der Waals surface area (Å²) in [5.41, 5.74) is 3.66. The first-order valence-electron chi connectivity index (χ1n) is 5.70. The second-order valence-corrected chi connectivity index (χ2v) is 4.66. The van der Waals surface area contributed by atoms with Crippen LogP contribution < -0.4 is 5.32 Å². The van der Waals surface area contributed by atoms with Crippen molar-refractivity contribution in [3.05, 3.63) is 58.6 Å². The molecule has 2 rings (SSSR count). The number of anilines is 2. The Morgan fingerprint density at radius 3 is 2.56 bits per heavy atom. The minimum atomic E-state index is 0.0763. The van der Waals surface area contributed by atoms with Gasteiger partial charge in [-0.25, -0.2) is 0 Å². The molecule has 0 amide bonds. The average Bonchev–Trinajstić information content (AvgIpc) is 2.31. The lowest BCUT2D eigenvalue weighted by Gasteiger charge is -2.10. The van der Waals surface area contributed by atoms with E-state index in [1.807, 2.05) is 49.4 Å². The van der Waals surface area contributed by atoms with E-state index in [2.05, 4.69) is 5.32 Å². The molecule has 0 heterocycles. The summed E-state index contributed by atoms with van der Waals surface area (Å²) in [6.45, 7) is 3.54. The standard InChI is InChI=1S/C15H14ClNO/c1-10-8-12(11(2)18)6-7-15(10)17-14-5-3-4-13(16)9-14/h3-9,17H,1-2H3. The number of carbonyl (C=O) groups excluding carboxylic acids is 1. The molecule has 0 saturated carbocycles. The van der Waals surface area contributed by atoms with Crippen LogP contribution in [0.25, 0.3) is 0 Å². The van der Waals surface area contributed by atoms with Gasteiger partial charge in [0.05, 0.1) is 0 Å². The van der Waals surface area contributed by atoms with E-state index in [1.165, 1.54) is 0 Å². The number of nitrogens with one attached hydrogen (secondary N) is 1. The molecule has 18 heavy (non-hydrogen) atoms. The fourth-order valence-corrected chi connectivity index (χ4v) is 1.93. The summed E-state index contributed by atoms with van der Waals surface area (Å²) in [6.07, 6.45) is 0. The van der Waals surface area contributed by atoms with E-state index in [1.54, 1.807) is 6.92 Å². The molecule has 2 nitrogen and oxygen atoms in total. The first kappa shape index (κ1) is 12.7. The highest BCUT2D eigenvalue weighted by atomic mass is 35.5. The van der Waals surface area contributed by atoms with Crippen LogP contribution in [0.4, 0.5) is 11.4 Å². The van der Waals surface area contributed by atoms with Crippen LogP contribution in [-0.2, 0) is 0 Å². The zero-order valence-electron chi connectivity index (χ0n) is 10.3. The summed E-state index contributed by atoms with van der Waals surface area (Å²) < 4.78 is 0. The Bertz CT molecular complexity index is 593. The summed E-state index contributed by atoms with van der Waals surface area (Å²) in [5, 5.41) is 3.98.